The molecule has 2 aliphatic rings. The molecule has 0 aromatic rings. The molecule has 0 bridgehead atoms. The van der Waals surface area contributed by atoms with Crippen molar-refractivity contribution in [3.05, 3.63) is 0 Å². The van der Waals surface area contributed by atoms with Gasteiger partial charge in [-0.3, -0.25) is 4.79 Å². The number of nitrogens with one attached hydrogen (secondary N) is 1. The maximum atomic E-state index is 13.1. The van der Waals surface area contributed by atoms with Gasteiger partial charge in [-0.1, -0.05) is 26.7 Å². The van der Waals surface area contributed by atoms with Gasteiger partial charge in [0.15, 0.2) is 0 Å². The molecule has 2 fully saturated rings. The van der Waals surface area contributed by atoms with Gasteiger partial charge in [-0.2, -0.15) is 0 Å². The van der Waals surface area contributed by atoms with Crippen molar-refractivity contribution < 1.29 is 9.53 Å². The van der Waals surface area contributed by atoms with Crippen molar-refractivity contribution in [2.45, 2.75) is 52.1 Å². The fourth-order valence-corrected chi connectivity index (χ4v) is 3.93. The average molecular weight is 282 g/mol. The first-order valence-corrected chi connectivity index (χ1v) is 8.13. The van der Waals surface area contributed by atoms with Crippen LogP contribution in [0, 0.1) is 11.3 Å². The van der Waals surface area contributed by atoms with Crippen molar-refractivity contribution in [2.75, 3.05) is 33.3 Å². The van der Waals surface area contributed by atoms with Crippen molar-refractivity contribution in [1.82, 2.24) is 10.2 Å². The molecule has 1 heterocycles. The van der Waals surface area contributed by atoms with E-state index in [1.165, 1.54) is 12.8 Å². The van der Waals surface area contributed by atoms with Crippen LogP contribution in [0.2, 0.25) is 0 Å². The number of carbonyl (C=O) groups is 1. The van der Waals surface area contributed by atoms with Crippen molar-refractivity contribution >= 4 is 5.91 Å². The lowest BCUT2D eigenvalue weighted by atomic mass is 9.77. The van der Waals surface area contributed by atoms with Gasteiger partial charge in [0.2, 0.25) is 5.91 Å². The van der Waals surface area contributed by atoms with Gasteiger partial charge < -0.3 is 15.0 Å². The molecule has 0 aromatic carbocycles. The van der Waals surface area contributed by atoms with Crippen LogP contribution in [0.25, 0.3) is 0 Å². The molecular weight excluding hydrogens is 252 g/mol. The fraction of sp³-hybridized carbons (Fsp3) is 0.938. The summed E-state index contributed by atoms with van der Waals surface area (Å²) in [4.78, 5) is 15.1. The quantitative estimate of drug-likeness (QED) is 0.839. The molecule has 1 N–H and O–H groups in total. The van der Waals surface area contributed by atoms with Gasteiger partial charge in [0.25, 0.3) is 0 Å². The summed E-state index contributed by atoms with van der Waals surface area (Å²) in [6, 6.07) is 0. The molecule has 1 aliphatic heterocycles. The maximum absolute atomic E-state index is 13.1. The molecule has 1 saturated heterocycles. The Morgan fingerprint density at radius 2 is 2.10 bits per heavy atom. The van der Waals surface area contributed by atoms with Crippen LogP contribution in [-0.4, -0.2) is 50.2 Å². The van der Waals surface area contributed by atoms with Crippen LogP contribution in [0.4, 0.5) is 0 Å². The third kappa shape index (κ3) is 3.53. The van der Waals surface area contributed by atoms with E-state index in [0.717, 1.165) is 38.9 Å². The number of hydrogen-bond donors (Lipinski definition) is 1. The minimum absolute atomic E-state index is 0.0737. The van der Waals surface area contributed by atoms with Crippen LogP contribution in [0.15, 0.2) is 0 Å². The minimum Gasteiger partial charge on any atom is -0.373 e. The predicted molar refractivity (Wildman–Crippen MR) is 80.6 cm³/mol. The molecule has 1 atom stereocenters. The molecule has 4 nitrogen and oxygen atoms in total. The molecule has 1 unspecified atom stereocenters. The van der Waals surface area contributed by atoms with E-state index in [1.54, 1.807) is 0 Å². The number of likely N-dealkylation sites (N-methyl/N-ethyl adjacent to an activating group) is 1. The molecule has 2 rings (SSSR count). The highest BCUT2D eigenvalue weighted by Crippen LogP contribution is 2.44. The summed E-state index contributed by atoms with van der Waals surface area (Å²) in [6.45, 7) is 7.47. The highest BCUT2D eigenvalue weighted by atomic mass is 16.5. The van der Waals surface area contributed by atoms with Crippen molar-refractivity contribution in [3.8, 4) is 0 Å². The Balaban J connectivity index is 2.03. The van der Waals surface area contributed by atoms with Crippen molar-refractivity contribution in [2.24, 2.45) is 11.3 Å². The fourth-order valence-electron chi connectivity index (χ4n) is 3.93. The van der Waals surface area contributed by atoms with Crippen LogP contribution in [-0.2, 0) is 9.53 Å². The van der Waals surface area contributed by atoms with E-state index in [0.29, 0.717) is 18.4 Å². The number of carbonyl (C=O) groups excluding carboxylic acids is 1. The second kappa shape index (κ2) is 6.90. The largest absolute Gasteiger partial charge is 0.373 e. The van der Waals surface area contributed by atoms with Gasteiger partial charge in [0.05, 0.1) is 12.7 Å². The molecule has 0 aromatic heterocycles. The molecule has 1 amide bonds. The summed E-state index contributed by atoms with van der Waals surface area (Å²) < 4.78 is 5.72. The Bertz CT molecular complexity index is 322. The first-order valence-electron chi connectivity index (χ1n) is 8.13. The molecule has 116 valence electrons. The van der Waals surface area contributed by atoms with Gasteiger partial charge >= 0.3 is 0 Å². The second-order valence-corrected chi connectivity index (χ2v) is 6.89. The monoisotopic (exact) mass is 282 g/mol. The van der Waals surface area contributed by atoms with Crippen LogP contribution in [0.1, 0.15) is 46.0 Å². The topological polar surface area (TPSA) is 41.6 Å². The zero-order valence-corrected chi connectivity index (χ0v) is 13.3. The van der Waals surface area contributed by atoms with Gasteiger partial charge in [-0.25, -0.2) is 0 Å². The summed E-state index contributed by atoms with van der Waals surface area (Å²) in [5.41, 5.74) is -0.0737. The van der Waals surface area contributed by atoms with Crippen LogP contribution in [0.5, 0.6) is 0 Å². The normalized spacial score (nSPS) is 26.2. The van der Waals surface area contributed by atoms with Crippen LogP contribution >= 0.6 is 0 Å². The number of morpholine rings is 1. The first-order chi connectivity index (χ1) is 9.57. The Morgan fingerprint density at radius 1 is 1.40 bits per heavy atom. The third-order valence-electron chi connectivity index (χ3n) is 4.67. The maximum Gasteiger partial charge on any atom is 0.228 e. The average Bonchev–Trinajstić information content (AvgIpc) is 2.87. The smallest absolute Gasteiger partial charge is 0.228 e. The van der Waals surface area contributed by atoms with E-state index in [4.69, 9.17) is 4.74 Å². The third-order valence-corrected chi connectivity index (χ3v) is 4.67. The van der Waals surface area contributed by atoms with Gasteiger partial charge in [-0.15, -0.1) is 0 Å². The van der Waals surface area contributed by atoms with Crippen molar-refractivity contribution in [1.29, 1.82) is 0 Å². The van der Waals surface area contributed by atoms with E-state index in [9.17, 15) is 4.79 Å². The Labute approximate surface area is 123 Å². The number of nitrogens with zero attached hydrogens (tertiary/aromatic N) is 1. The van der Waals surface area contributed by atoms with Gasteiger partial charge in [-0.05, 0) is 32.2 Å². The molecule has 20 heavy (non-hydrogen) atoms. The summed E-state index contributed by atoms with van der Waals surface area (Å²) in [5.74, 6) is 0.985. The second-order valence-electron chi connectivity index (χ2n) is 6.89. The highest BCUT2D eigenvalue weighted by Gasteiger charge is 2.44. The molecule has 0 spiro atoms. The van der Waals surface area contributed by atoms with E-state index in [2.05, 4.69) is 24.1 Å². The molecule has 1 saturated carbocycles. The van der Waals surface area contributed by atoms with Gasteiger partial charge in [0.1, 0.15) is 0 Å². The molecule has 4 heteroatoms. The lowest BCUT2D eigenvalue weighted by molar-refractivity contribution is -0.150. The number of ether oxygens (including phenoxy) is 1. The Morgan fingerprint density at radius 3 is 2.70 bits per heavy atom. The SMILES string of the molecule is CNCC1CN(C(=O)C2(CC(C)C)CCCC2)CCO1. The van der Waals surface area contributed by atoms with E-state index < -0.39 is 0 Å². The van der Waals surface area contributed by atoms with Crippen LogP contribution in [0.3, 0.4) is 0 Å². The van der Waals surface area contributed by atoms with Crippen LogP contribution < -0.4 is 5.32 Å². The molecule has 1 aliphatic carbocycles. The lowest BCUT2D eigenvalue weighted by Crippen LogP contribution is -2.53. The van der Waals surface area contributed by atoms with E-state index >= 15 is 0 Å². The van der Waals surface area contributed by atoms with E-state index in [-0.39, 0.29) is 11.5 Å². The lowest BCUT2D eigenvalue weighted by Gasteiger charge is -2.39. The zero-order chi connectivity index (χ0) is 14.6. The number of amides is 1. The minimum atomic E-state index is -0.0737. The van der Waals surface area contributed by atoms with Gasteiger partial charge in [0, 0.05) is 25.0 Å². The predicted octanol–water partition coefficient (Wildman–Crippen LogP) is 2.04. The summed E-state index contributed by atoms with van der Waals surface area (Å²) in [6.07, 6.45) is 5.77. The van der Waals surface area contributed by atoms with E-state index in [1.807, 2.05) is 7.05 Å². The number of hydrogen-bond acceptors (Lipinski definition) is 3. The molecular formula is C16H30N2O2. The number of rotatable bonds is 5. The first kappa shape index (κ1) is 15.8. The summed E-state index contributed by atoms with van der Waals surface area (Å²) in [7, 11) is 1.93. The summed E-state index contributed by atoms with van der Waals surface area (Å²) >= 11 is 0. The summed E-state index contributed by atoms with van der Waals surface area (Å²) in [5, 5.41) is 3.15. The zero-order valence-electron chi connectivity index (χ0n) is 13.3. The van der Waals surface area contributed by atoms with Crippen molar-refractivity contribution in [3.63, 3.8) is 0 Å². The Hall–Kier alpha value is -0.610. The Kier molecular flexibility index (Phi) is 5.44. The standard InChI is InChI=1S/C16H30N2O2/c1-13(2)10-16(6-4-5-7-16)15(19)18-8-9-20-14(12-18)11-17-3/h13-14,17H,4-12H2,1-3H3. The molecule has 0 radical (unpaired) electrons. The highest BCUT2D eigenvalue weighted by molar-refractivity contribution is 5.83.